The van der Waals surface area contributed by atoms with Crippen LogP contribution >= 0.6 is 0 Å². The normalized spacial score (nSPS) is 13.6. The first-order valence-corrected chi connectivity index (χ1v) is 9.82. The summed E-state index contributed by atoms with van der Waals surface area (Å²) in [5.74, 6) is 0.620. The maximum Gasteiger partial charge on any atom is 0.259 e. The van der Waals surface area contributed by atoms with Crippen molar-refractivity contribution in [1.29, 1.82) is 0 Å². The van der Waals surface area contributed by atoms with E-state index in [2.05, 4.69) is 19.2 Å². The molecule has 0 aliphatic heterocycles. The lowest BCUT2D eigenvalue weighted by Crippen LogP contribution is -2.16. The highest BCUT2D eigenvalue weighted by molar-refractivity contribution is 6.06. The van der Waals surface area contributed by atoms with Gasteiger partial charge in [0.15, 0.2) is 0 Å². The minimum absolute atomic E-state index is 0.0890. The summed E-state index contributed by atoms with van der Waals surface area (Å²) in [5, 5.41) is 7.76. The second-order valence-electron chi connectivity index (χ2n) is 7.65. The molecule has 1 aliphatic rings. The molecule has 1 saturated carbocycles. The molecule has 6 heteroatoms. The number of amides is 1. The van der Waals surface area contributed by atoms with E-state index in [4.69, 9.17) is 9.84 Å². The summed E-state index contributed by atoms with van der Waals surface area (Å²) in [5.41, 5.74) is 3.78. The van der Waals surface area contributed by atoms with Crippen LogP contribution in [0.5, 0.6) is 5.75 Å². The van der Waals surface area contributed by atoms with Gasteiger partial charge in [-0.15, -0.1) is 0 Å². The van der Waals surface area contributed by atoms with Crippen LogP contribution in [0.25, 0.3) is 5.69 Å². The molecule has 1 amide bonds. The summed E-state index contributed by atoms with van der Waals surface area (Å²) in [6.45, 7) is 4.12. The molecule has 0 radical (unpaired) electrons. The summed E-state index contributed by atoms with van der Waals surface area (Å²) >= 11 is 0. The number of benzene rings is 2. The Morgan fingerprint density at radius 1 is 1.14 bits per heavy atom. The number of hydrogen-bond donors (Lipinski definition) is 1. The molecule has 0 unspecified atom stereocenters. The number of nitrogens with one attached hydrogen (secondary N) is 1. The van der Waals surface area contributed by atoms with E-state index in [-0.39, 0.29) is 17.6 Å². The predicted octanol–water partition coefficient (Wildman–Crippen LogP) is 5.27. The first kappa shape index (κ1) is 19.2. The Labute approximate surface area is 169 Å². The monoisotopic (exact) mass is 393 g/mol. The largest absolute Gasteiger partial charge is 0.497 e. The van der Waals surface area contributed by atoms with E-state index in [1.165, 1.54) is 12.1 Å². The lowest BCUT2D eigenvalue weighted by Gasteiger charge is -2.13. The summed E-state index contributed by atoms with van der Waals surface area (Å²) in [4.78, 5) is 13.2. The highest BCUT2D eigenvalue weighted by Gasteiger charge is 2.35. The fourth-order valence-electron chi connectivity index (χ4n) is 3.50. The molecule has 0 atom stereocenters. The van der Waals surface area contributed by atoms with Crippen LogP contribution in [0.3, 0.4) is 0 Å². The summed E-state index contributed by atoms with van der Waals surface area (Å²) in [7, 11) is 1.63. The second-order valence-corrected chi connectivity index (χ2v) is 7.65. The van der Waals surface area contributed by atoms with Crippen LogP contribution in [0.15, 0.2) is 48.5 Å². The number of carbonyl (C=O) groups excluding carboxylic acids is 1. The first-order chi connectivity index (χ1) is 14.0. The maximum absolute atomic E-state index is 13.2. The fourth-order valence-corrected chi connectivity index (χ4v) is 3.50. The van der Waals surface area contributed by atoms with Gasteiger partial charge in [0.05, 0.1) is 29.7 Å². The zero-order valence-corrected chi connectivity index (χ0v) is 16.8. The van der Waals surface area contributed by atoms with Crippen LogP contribution in [0, 0.1) is 5.82 Å². The zero-order chi connectivity index (χ0) is 20.5. The molecule has 1 heterocycles. The van der Waals surface area contributed by atoms with Gasteiger partial charge >= 0.3 is 0 Å². The van der Waals surface area contributed by atoms with Gasteiger partial charge in [-0.25, -0.2) is 9.07 Å². The fraction of sp³-hybridized carbons (Fsp3) is 0.304. The van der Waals surface area contributed by atoms with Crippen LogP contribution in [-0.2, 0) is 0 Å². The number of aromatic nitrogens is 2. The molecule has 0 saturated heterocycles. The highest BCUT2D eigenvalue weighted by atomic mass is 19.1. The van der Waals surface area contributed by atoms with Crippen molar-refractivity contribution >= 4 is 11.6 Å². The molecular formula is C23H24FN3O2. The lowest BCUT2D eigenvalue weighted by atomic mass is 10.0. The predicted molar refractivity (Wildman–Crippen MR) is 111 cm³/mol. The van der Waals surface area contributed by atoms with Crippen LogP contribution in [0.1, 0.15) is 60.3 Å². The van der Waals surface area contributed by atoms with Crippen molar-refractivity contribution in [3.63, 3.8) is 0 Å². The number of nitrogens with zero attached hydrogens (tertiary/aromatic N) is 2. The number of rotatable bonds is 6. The Morgan fingerprint density at radius 2 is 1.79 bits per heavy atom. The number of halogens is 1. The van der Waals surface area contributed by atoms with E-state index in [1.807, 2.05) is 28.9 Å². The van der Waals surface area contributed by atoms with Crippen LogP contribution in [0.4, 0.5) is 10.1 Å². The summed E-state index contributed by atoms with van der Waals surface area (Å²) in [6.07, 6.45) is 2.07. The van der Waals surface area contributed by atoms with Gasteiger partial charge < -0.3 is 10.1 Å². The molecule has 0 bridgehead atoms. The SMILES string of the molecule is COc1ccc(-n2nc(C3CC3)c(C(=O)Nc3ccc(F)cc3)c2C(C)C)cc1. The van der Waals surface area contributed by atoms with Crippen molar-refractivity contribution in [2.45, 2.75) is 38.5 Å². The van der Waals surface area contributed by atoms with Gasteiger partial charge in [-0.2, -0.15) is 5.10 Å². The Bertz CT molecular complexity index is 1020. The van der Waals surface area contributed by atoms with Crippen LogP contribution < -0.4 is 10.1 Å². The van der Waals surface area contributed by atoms with Gasteiger partial charge in [0, 0.05) is 11.6 Å². The van der Waals surface area contributed by atoms with Crippen molar-refractivity contribution in [2.75, 3.05) is 12.4 Å². The molecular weight excluding hydrogens is 369 g/mol. The van der Waals surface area contributed by atoms with Gasteiger partial charge in [-0.05, 0) is 67.3 Å². The average molecular weight is 393 g/mol. The van der Waals surface area contributed by atoms with Crippen molar-refractivity contribution in [2.24, 2.45) is 0 Å². The third-order valence-electron chi connectivity index (χ3n) is 5.11. The van der Waals surface area contributed by atoms with Crippen molar-refractivity contribution in [1.82, 2.24) is 9.78 Å². The smallest absolute Gasteiger partial charge is 0.259 e. The van der Waals surface area contributed by atoms with E-state index < -0.39 is 0 Å². The highest BCUT2D eigenvalue weighted by Crippen LogP contribution is 2.43. The van der Waals surface area contributed by atoms with E-state index in [1.54, 1.807) is 19.2 Å². The average Bonchev–Trinajstić information content (AvgIpc) is 3.48. The van der Waals surface area contributed by atoms with Crippen molar-refractivity contribution < 1.29 is 13.9 Å². The summed E-state index contributed by atoms with van der Waals surface area (Å²) < 4.78 is 20.3. The number of carbonyl (C=O) groups is 1. The molecule has 1 N–H and O–H groups in total. The van der Waals surface area contributed by atoms with Gasteiger partial charge in [0.2, 0.25) is 0 Å². The summed E-state index contributed by atoms with van der Waals surface area (Å²) in [6, 6.07) is 13.4. The van der Waals surface area contributed by atoms with Gasteiger partial charge in [-0.1, -0.05) is 13.8 Å². The molecule has 5 nitrogen and oxygen atoms in total. The van der Waals surface area contributed by atoms with Crippen LogP contribution in [0.2, 0.25) is 0 Å². The molecule has 1 aliphatic carbocycles. The van der Waals surface area contributed by atoms with Crippen LogP contribution in [-0.4, -0.2) is 22.8 Å². The standard InChI is InChI=1S/C23H24FN3O2/c1-14(2)22-20(23(28)25-17-8-6-16(24)7-9-17)21(15-4-5-15)26-27(22)18-10-12-19(29-3)13-11-18/h6-15H,4-5H2,1-3H3,(H,25,28). The molecule has 4 rings (SSSR count). The zero-order valence-electron chi connectivity index (χ0n) is 16.8. The number of hydrogen-bond acceptors (Lipinski definition) is 3. The Balaban J connectivity index is 1.78. The molecule has 1 aromatic heterocycles. The third-order valence-corrected chi connectivity index (χ3v) is 5.11. The van der Waals surface area contributed by atoms with E-state index in [0.717, 1.165) is 35.7 Å². The van der Waals surface area contributed by atoms with E-state index in [9.17, 15) is 9.18 Å². The minimum atomic E-state index is -0.336. The van der Waals surface area contributed by atoms with E-state index in [0.29, 0.717) is 17.2 Å². The minimum Gasteiger partial charge on any atom is -0.497 e. The lowest BCUT2D eigenvalue weighted by molar-refractivity contribution is 0.102. The Kier molecular flexibility index (Phi) is 5.09. The Hall–Kier alpha value is -3.15. The molecule has 2 aromatic carbocycles. The molecule has 29 heavy (non-hydrogen) atoms. The van der Waals surface area contributed by atoms with Gasteiger partial charge in [0.1, 0.15) is 11.6 Å². The molecule has 150 valence electrons. The maximum atomic E-state index is 13.2. The van der Waals surface area contributed by atoms with Gasteiger partial charge in [0.25, 0.3) is 5.91 Å². The first-order valence-electron chi connectivity index (χ1n) is 9.82. The number of anilines is 1. The van der Waals surface area contributed by atoms with Crippen molar-refractivity contribution in [3.05, 3.63) is 71.3 Å². The molecule has 3 aromatic rings. The quantitative estimate of drug-likeness (QED) is 0.620. The second kappa shape index (κ2) is 7.70. The molecule has 1 fully saturated rings. The van der Waals surface area contributed by atoms with E-state index >= 15 is 0 Å². The third kappa shape index (κ3) is 3.88. The molecule has 0 spiro atoms. The van der Waals surface area contributed by atoms with Gasteiger partial charge in [-0.3, -0.25) is 4.79 Å². The Morgan fingerprint density at radius 3 is 2.34 bits per heavy atom. The van der Waals surface area contributed by atoms with Crippen molar-refractivity contribution in [3.8, 4) is 11.4 Å². The number of methoxy groups -OCH3 is 1. The topological polar surface area (TPSA) is 56.2 Å². The number of ether oxygens (including phenoxy) is 1.